The molecule has 1 heterocycles. The number of pyridine rings is 1. The Bertz CT molecular complexity index is 578. The molecule has 0 N–H and O–H groups in total. The number of benzene rings is 1. The average Bonchev–Trinajstić information content (AvgIpc) is 2.35. The first-order valence-electron chi connectivity index (χ1n) is 5.18. The summed E-state index contributed by atoms with van der Waals surface area (Å²) in [5.74, 6) is 1.20. The molecule has 1 aromatic carbocycles. The summed E-state index contributed by atoms with van der Waals surface area (Å²) in [5, 5.41) is 0.767. The number of aryl methyl sites for hydroxylation is 1. The van der Waals surface area contributed by atoms with Crippen molar-refractivity contribution in [3.8, 4) is 11.5 Å². The van der Waals surface area contributed by atoms with Gasteiger partial charge in [0.25, 0.3) is 0 Å². The normalized spacial score (nSPS) is 10.3. The molecule has 0 spiro atoms. The zero-order valence-electron chi connectivity index (χ0n) is 9.98. The van der Waals surface area contributed by atoms with E-state index in [1.165, 1.54) is 0 Å². The average molecular weight is 231 g/mol. The van der Waals surface area contributed by atoms with Crippen molar-refractivity contribution in [3.05, 3.63) is 29.5 Å². The van der Waals surface area contributed by atoms with Gasteiger partial charge < -0.3 is 9.47 Å². The van der Waals surface area contributed by atoms with Gasteiger partial charge >= 0.3 is 0 Å². The second kappa shape index (κ2) is 4.41. The van der Waals surface area contributed by atoms with Crippen LogP contribution in [0, 0.1) is 6.92 Å². The fourth-order valence-corrected chi connectivity index (χ4v) is 1.81. The molecule has 1 aromatic heterocycles. The molecule has 2 aromatic rings. The SMILES string of the molecule is COc1cc2nc(C)cc(C=O)c2cc1OC. The van der Waals surface area contributed by atoms with Gasteiger partial charge in [-0.3, -0.25) is 9.78 Å². The van der Waals surface area contributed by atoms with Crippen molar-refractivity contribution in [2.75, 3.05) is 14.2 Å². The van der Waals surface area contributed by atoms with Crippen LogP contribution in [-0.2, 0) is 0 Å². The standard InChI is InChI=1S/C13H13NO3/c1-8-4-9(7-15)10-5-12(16-2)13(17-3)6-11(10)14-8/h4-7H,1-3H3. The van der Waals surface area contributed by atoms with Crippen molar-refractivity contribution in [2.45, 2.75) is 6.92 Å². The number of aldehydes is 1. The van der Waals surface area contributed by atoms with E-state index in [0.717, 1.165) is 22.9 Å². The van der Waals surface area contributed by atoms with Gasteiger partial charge in [-0.05, 0) is 19.1 Å². The number of rotatable bonds is 3. The molecule has 0 aliphatic carbocycles. The molecule has 2 rings (SSSR count). The lowest BCUT2D eigenvalue weighted by atomic mass is 10.1. The van der Waals surface area contributed by atoms with Gasteiger partial charge in [0.15, 0.2) is 17.8 Å². The summed E-state index contributed by atoms with van der Waals surface area (Å²) in [5.41, 5.74) is 2.13. The summed E-state index contributed by atoms with van der Waals surface area (Å²) >= 11 is 0. The van der Waals surface area contributed by atoms with Crippen molar-refractivity contribution in [3.63, 3.8) is 0 Å². The van der Waals surface area contributed by atoms with Crippen molar-refractivity contribution in [1.29, 1.82) is 0 Å². The summed E-state index contributed by atoms with van der Waals surface area (Å²) in [6.07, 6.45) is 0.822. The topological polar surface area (TPSA) is 48.4 Å². The minimum atomic E-state index is 0.591. The Labute approximate surface area is 99.2 Å². The lowest BCUT2D eigenvalue weighted by Gasteiger charge is -2.10. The van der Waals surface area contributed by atoms with E-state index in [9.17, 15) is 4.79 Å². The lowest BCUT2D eigenvalue weighted by molar-refractivity contribution is 0.112. The Morgan fingerprint density at radius 1 is 1.12 bits per heavy atom. The van der Waals surface area contributed by atoms with Crippen LogP contribution in [0.3, 0.4) is 0 Å². The number of carbonyl (C=O) groups is 1. The van der Waals surface area contributed by atoms with Gasteiger partial charge in [0.1, 0.15) is 0 Å². The van der Waals surface area contributed by atoms with E-state index < -0.39 is 0 Å². The van der Waals surface area contributed by atoms with Gasteiger partial charge in [-0.15, -0.1) is 0 Å². The molecule has 0 amide bonds. The first kappa shape index (κ1) is 11.4. The molecule has 0 aliphatic heterocycles. The number of hydrogen-bond acceptors (Lipinski definition) is 4. The molecular formula is C13H13NO3. The van der Waals surface area contributed by atoms with Crippen LogP contribution < -0.4 is 9.47 Å². The maximum absolute atomic E-state index is 11.0. The fraction of sp³-hybridized carbons (Fsp3) is 0.231. The second-order valence-electron chi connectivity index (χ2n) is 3.70. The highest BCUT2D eigenvalue weighted by atomic mass is 16.5. The summed E-state index contributed by atoms with van der Waals surface area (Å²) in [6, 6.07) is 5.29. The highest BCUT2D eigenvalue weighted by molar-refractivity contribution is 5.97. The van der Waals surface area contributed by atoms with E-state index in [4.69, 9.17) is 9.47 Å². The van der Waals surface area contributed by atoms with Crippen LogP contribution in [-0.4, -0.2) is 25.5 Å². The van der Waals surface area contributed by atoms with Crippen LogP contribution >= 0.6 is 0 Å². The van der Waals surface area contributed by atoms with Crippen LogP contribution in [0.4, 0.5) is 0 Å². The summed E-state index contributed by atoms with van der Waals surface area (Å²) in [6.45, 7) is 1.85. The van der Waals surface area contributed by atoms with E-state index >= 15 is 0 Å². The first-order valence-corrected chi connectivity index (χ1v) is 5.18. The molecular weight excluding hydrogens is 218 g/mol. The van der Waals surface area contributed by atoms with Gasteiger partial charge in [0.05, 0.1) is 19.7 Å². The Morgan fingerprint density at radius 3 is 2.35 bits per heavy atom. The fourth-order valence-electron chi connectivity index (χ4n) is 1.81. The van der Waals surface area contributed by atoms with Gasteiger partial charge in [0.2, 0.25) is 0 Å². The highest BCUT2D eigenvalue weighted by Crippen LogP contribution is 2.32. The lowest BCUT2D eigenvalue weighted by Crippen LogP contribution is -1.95. The van der Waals surface area contributed by atoms with Crippen molar-refractivity contribution in [1.82, 2.24) is 4.98 Å². The Balaban J connectivity index is 2.81. The van der Waals surface area contributed by atoms with E-state index in [1.807, 2.05) is 6.92 Å². The third-order valence-electron chi connectivity index (χ3n) is 2.60. The van der Waals surface area contributed by atoms with E-state index in [2.05, 4.69) is 4.98 Å². The van der Waals surface area contributed by atoms with Crippen molar-refractivity contribution >= 4 is 17.2 Å². The van der Waals surface area contributed by atoms with Gasteiger partial charge in [0, 0.05) is 22.7 Å². The Morgan fingerprint density at radius 2 is 1.76 bits per heavy atom. The zero-order chi connectivity index (χ0) is 12.4. The molecule has 4 heteroatoms. The summed E-state index contributed by atoms with van der Waals surface area (Å²) in [4.78, 5) is 15.4. The molecule has 0 unspecified atom stereocenters. The zero-order valence-corrected chi connectivity index (χ0v) is 9.98. The largest absolute Gasteiger partial charge is 0.493 e. The van der Waals surface area contributed by atoms with Crippen LogP contribution in [0.1, 0.15) is 16.1 Å². The predicted molar refractivity (Wildman–Crippen MR) is 65.0 cm³/mol. The molecule has 0 aliphatic rings. The van der Waals surface area contributed by atoms with Crippen molar-refractivity contribution in [2.24, 2.45) is 0 Å². The third-order valence-corrected chi connectivity index (χ3v) is 2.60. The van der Waals surface area contributed by atoms with Crippen LogP contribution in [0.2, 0.25) is 0 Å². The van der Waals surface area contributed by atoms with E-state index in [-0.39, 0.29) is 0 Å². The number of ether oxygens (including phenoxy) is 2. The number of hydrogen-bond donors (Lipinski definition) is 0. The molecule has 17 heavy (non-hydrogen) atoms. The number of carbonyl (C=O) groups excluding carboxylic acids is 1. The monoisotopic (exact) mass is 231 g/mol. The maximum Gasteiger partial charge on any atom is 0.162 e. The Hall–Kier alpha value is -2.10. The molecule has 0 atom stereocenters. The third kappa shape index (κ3) is 1.93. The number of fused-ring (bicyclic) bond motifs is 1. The number of methoxy groups -OCH3 is 2. The predicted octanol–water partition coefficient (Wildman–Crippen LogP) is 2.37. The van der Waals surface area contributed by atoms with Gasteiger partial charge in [-0.2, -0.15) is 0 Å². The minimum absolute atomic E-state index is 0.591. The molecule has 0 bridgehead atoms. The van der Waals surface area contributed by atoms with Crippen LogP contribution in [0.5, 0.6) is 11.5 Å². The number of aromatic nitrogens is 1. The summed E-state index contributed by atoms with van der Waals surface area (Å²) in [7, 11) is 3.13. The molecule has 4 nitrogen and oxygen atoms in total. The summed E-state index contributed by atoms with van der Waals surface area (Å²) < 4.78 is 10.4. The number of nitrogens with zero attached hydrogens (tertiary/aromatic N) is 1. The molecule has 0 radical (unpaired) electrons. The first-order chi connectivity index (χ1) is 8.19. The smallest absolute Gasteiger partial charge is 0.162 e. The highest BCUT2D eigenvalue weighted by Gasteiger charge is 2.10. The molecule has 0 fully saturated rings. The van der Waals surface area contributed by atoms with Gasteiger partial charge in [-0.25, -0.2) is 0 Å². The van der Waals surface area contributed by atoms with Crippen LogP contribution in [0.15, 0.2) is 18.2 Å². The minimum Gasteiger partial charge on any atom is -0.493 e. The van der Waals surface area contributed by atoms with Crippen LogP contribution in [0.25, 0.3) is 10.9 Å². The molecule has 0 saturated heterocycles. The van der Waals surface area contributed by atoms with E-state index in [0.29, 0.717) is 17.1 Å². The van der Waals surface area contributed by atoms with E-state index in [1.54, 1.807) is 32.4 Å². The van der Waals surface area contributed by atoms with Gasteiger partial charge in [-0.1, -0.05) is 0 Å². The quantitative estimate of drug-likeness (QED) is 0.761. The molecule has 0 saturated carbocycles. The van der Waals surface area contributed by atoms with Crippen molar-refractivity contribution < 1.29 is 14.3 Å². The Kier molecular flexibility index (Phi) is 2.95. The molecule has 88 valence electrons. The second-order valence-corrected chi connectivity index (χ2v) is 3.70. The maximum atomic E-state index is 11.0.